The molecule has 1 saturated heterocycles. The predicted molar refractivity (Wildman–Crippen MR) is 74.3 cm³/mol. The van der Waals surface area contributed by atoms with Crippen molar-refractivity contribution in [2.75, 3.05) is 25.1 Å². The van der Waals surface area contributed by atoms with Crippen LogP contribution in [0.3, 0.4) is 0 Å². The van der Waals surface area contributed by atoms with Gasteiger partial charge in [-0.25, -0.2) is 9.78 Å². The van der Waals surface area contributed by atoms with Gasteiger partial charge in [0.2, 0.25) is 5.82 Å². The minimum Gasteiger partial charge on any atom is -0.465 e. The van der Waals surface area contributed by atoms with Gasteiger partial charge in [-0.15, -0.1) is 0 Å². The van der Waals surface area contributed by atoms with E-state index in [4.69, 9.17) is 0 Å². The maximum Gasteiger partial charge on any atom is 0.339 e. The Labute approximate surface area is 121 Å². The number of nitrogens with zero attached hydrogens (tertiary/aromatic N) is 3. The van der Waals surface area contributed by atoms with E-state index < -0.39 is 16.5 Å². The second-order valence-electron chi connectivity index (χ2n) is 5.30. The highest BCUT2D eigenvalue weighted by molar-refractivity contribution is 5.90. The predicted octanol–water partition coefficient (Wildman–Crippen LogP) is 1.13. The Morgan fingerprint density at radius 1 is 1.52 bits per heavy atom. The number of anilines is 1. The number of carbonyl (C=O) groups excluding carboxylic acids is 1. The first kappa shape index (κ1) is 15.2. The van der Waals surface area contributed by atoms with Crippen molar-refractivity contribution >= 4 is 17.5 Å². The molecule has 1 N–H and O–H groups in total. The molecule has 8 heteroatoms. The van der Waals surface area contributed by atoms with E-state index in [2.05, 4.69) is 9.72 Å². The van der Waals surface area contributed by atoms with Crippen LogP contribution in [0.5, 0.6) is 0 Å². The molecule has 1 aromatic rings. The van der Waals surface area contributed by atoms with E-state index in [0.29, 0.717) is 25.9 Å². The Hall–Kier alpha value is -2.22. The van der Waals surface area contributed by atoms with Gasteiger partial charge < -0.3 is 14.7 Å². The third-order valence-electron chi connectivity index (χ3n) is 3.61. The number of aliphatic hydroxyl groups is 1. The molecular formula is C13H17N3O5. The zero-order valence-electron chi connectivity index (χ0n) is 11.9. The number of rotatable bonds is 3. The van der Waals surface area contributed by atoms with Crippen LogP contribution >= 0.6 is 0 Å². The van der Waals surface area contributed by atoms with E-state index >= 15 is 0 Å². The first-order valence-corrected chi connectivity index (χ1v) is 6.54. The molecule has 21 heavy (non-hydrogen) atoms. The van der Waals surface area contributed by atoms with Crippen LogP contribution < -0.4 is 4.90 Å². The molecule has 0 aliphatic carbocycles. The Balaban J connectivity index is 2.31. The number of hydrogen-bond acceptors (Lipinski definition) is 7. The Bertz CT molecular complexity index is 563. The number of hydrogen-bond donors (Lipinski definition) is 1. The lowest BCUT2D eigenvalue weighted by Crippen LogP contribution is -2.43. The van der Waals surface area contributed by atoms with E-state index in [0.717, 1.165) is 0 Å². The lowest BCUT2D eigenvalue weighted by molar-refractivity contribution is -0.384. The number of methoxy groups -OCH3 is 1. The molecule has 2 heterocycles. The fourth-order valence-electron chi connectivity index (χ4n) is 2.25. The van der Waals surface area contributed by atoms with Crippen molar-refractivity contribution in [2.24, 2.45) is 0 Å². The first-order chi connectivity index (χ1) is 9.84. The summed E-state index contributed by atoms with van der Waals surface area (Å²) in [6.07, 6.45) is 2.27. The molecule has 1 aromatic heterocycles. The number of pyridine rings is 1. The zero-order valence-corrected chi connectivity index (χ0v) is 11.9. The molecule has 0 radical (unpaired) electrons. The van der Waals surface area contributed by atoms with Crippen molar-refractivity contribution in [1.29, 1.82) is 0 Å². The van der Waals surface area contributed by atoms with Gasteiger partial charge in [-0.3, -0.25) is 10.1 Å². The molecule has 0 amide bonds. The van der Waals surface area contributed by atoms with Gasteiger partial charge in [0.15, 0.2) is 0 Å². The molecule has 114 valence electrons. The number of aromatic nitrogens is 1. The Morgan fingerprint density at radius 3 is 2.67 bits per heavy atom. The van der Waals surface area contributed by atoms with E-state index in [9.17, 15) is 20.0 Å². The van der Waals surface area contributed by atoms with Crippen LogP contribution in [0.25, 0.3) is 0 Å². The third kappa shape index (κ3) is 3.27. The molecule has 8 nitrogen and oxygen atoms in total. The Morgan fingerprint density at radius 2 is 2.14 bits per heavy atom. The van der Waals surface area contributed by atoms with Crippen LogP contribution in [0, 0.1) is 10.1 Å². The van der Waals surface area contributed by atoms with E-state index in [1.165, 1.54) is 19.4 Å². The largest absolute Gasteiger partial charge is 0.465 e. The van der Waals surface area contributed by atoms with E-state index in [-0.39, 0.29) is 17.1 Å². The molecule has 0 spiro atoms. The normalized spacial score (nSPS) is 17.4. The number of ether oxygens (including phenoxy) is 1. The van der Waals surface area contributed by atoms with Crippen molar-refractivity contribution in [3.8, 4) is 0 Å². The average Bonchev–Trinajstić information content (AvgIpc) is 2.46. The highest BCUT2D eigenvalue weighted by atomic mass is 16.6. The second kappa shape index (κ2) is 5.65. The molecule has 1 fully saturated rings. The van der Waals surface area contributed by atoms with Crippen LogP contribution in [0.4, 0.5) is 11.5 Å². The summed E-state index contributed by atoms with van der Waals surface area (Å²) in [4.78, 5) is 27.8. The quantitative estimate of drug-likeness (QED) is 0.506. The number of esters is 1. The van der Waals surface area contributed by atoms with Crippen molar-refractivity contribution < 1.29 is 19.6 Å². The molecule has 0 saturated carbocycles. The van der Waals surface area contributed by atoms with Gasteiger partial charge in [0.05, 0.1) is 23.2 Å². The molecule has 1 aliphatic rings. The van der Waals surface area contributed by atoms with Gasteiger partial charge in [-0.2, -0.15) is 0 Å². The summed E-state index contributed by atoms with van der Waals surface area (Å²) in [5.41, 5.74) is -0.951. The van der Waals surface area contributed by atoms with Crippen LogP contribution in [-0.4, -0.2) is 46.8 Å². The first-order valence-electron chi connectivity index (χ1n) is 6.54. The van der Waals surface area contributed by atoms with Gasteiger partial charge in [-0.05, 0) is 19.8 Å². The number of carbonyl (C=O) groups is 1. The van der Waals surface area contributed by atoms with E-state index in [1.807, 2.05) is 0 Å². The topological polar surface area (TPSA) is 106 Å². The van der Waals surface area contributed by atoms with Gasteiger partial charge in [0.25, 0.3) is 0 Å². The fourth-order valence-corrected chi connectivity index (χ4v) is 2.25. The fraction of sp³-hybridized carbons (Fsp3) is 0.538. The maximum atomic E-state index is 11.4. The average molecular weight is 295 g/mol. The van der Waals surface area contributed by atoms with Gasteiger partial charge >= 0.3 is 11.7 Å². The summed E-state index contributed by atoms with van der Waals surface area (Å²) in [6, 6.07) is 1.17. The summed E-state index contributed by atoms with van der Waals surface area (Å²) in [5, 5.41) is 21.1. The standard InChI is InChI=1S/C13H17N3O5/c1-13(18)3-5-15(6-4-13)11-10(16(19)20)7-9(8-14-11)12(17)21-2/h7-8,18H,3-6H2,1-2H3. The molecule has 0 unspecified atom stereocenters. The van der Waals surface area contributed by atoms with Crippen molar-refractivity contribution in [3.05, 3.63) is 27.9 Å². The van der Waals surface area contributed by atoms with Crippen molar-refractivity contribution in [1.82, 2.24) is 4.98 Å². The van der Waals surface area contributed by atoms with Gasteiger partial charge in [0.1, 0.15) is 0 Å². The summed E-state index contributed by atoms with van der Waals surface area (Å²) in [6.45, 7) is 2.68. The molecule has 1 aliphatic heterocycles. The summed E-state index contributed by atoms with van der Waals surface area (Å²) < 4.78 is 4.54. The summed E-state index contributed by atoms with van der Waals surface area (Å²) in [5.74, 6) is -0.457. The smallest absolute Gasteiger partial charge is 0.339 e. The van der Waals surface area contributed by atoms with Crippen molar-refractivity contribution in [2.45, 2.75) is 25.4 Å². The number of nitro groups is 1. The van der Waals surface area contributed by atoms with Crippen LogP contribution in [0.1, 0.15) is 30.1 Å². The monoisotopic (exact) mass is 295 g/mol. The molecule has 2 rings (SSSR count). The van der Waals surface area contributed by atoms with Gasteiger partial charge in [-0.1, -0.05) is 0 Å². The van der Waals surface area contributed by atoms with Crippen LogP contribution in [0.15, 0.2) is 12.3 Å². The third-order valence-corrected chi connectivity index (χ3v) is 3.61. The zero-order chi connectivity index (χ0) is 15.6. The second-order valence-corrected chi connectivity index (χ2v) is 5.30. The number of piperidine rings is 1. The Kier molecular flexibility index (Phi) is 4.08. The summed E-state index contributed by atoms with van der Waals surface area (Å²) >= 11 is 0. The van der Waals surface area contributed by atoms with Crippen LogP contribution in [-0.2, 0) is 4.74 Å². The molecular weight excluding hydrogens is 278 g/mol. The minimum absolute atomic E-state index is 0.0388. The summed E-state index contributed by atoms with van der Waals surface area (Å²) in [7, 11) is 1.20. The lowest BCUT2D eigenvalue weighted by Gasteiger charge is -2.36. The minimum atomic E-state index is -0.753. The molecule has 0 atom stereocenters. The lowest BCUT2D eigenvalue weighted by atomic mass is 9.94. The molecule has 0 aromatic carbocycles. The SMILES string of the molecule is COC(=O)c1cnc(N2CCC(C)(O)CC2)c([N+](=O)[O-])c1. The highest BCUT2D eigenvalue weighted by Crippen LogP contribution is 2.31. The maximum absolute atomic E-state index is 11.4. The van der Waals surface area contributed by atoms with Crippen LogP contribution in [0.2, 0.25) is 0 Å². The van der Waals surface area contributed by atoms with Gasteiger partial charge in [0, 0.05) is 25.4 Å². The molecule has 0 bridgehead atoms. The highest BCUT2D eigenvalue weighted by Gasteiger charge is 2.31. The van der Waals surface area contributed by atoms with Crippen molar-refractivity contribution in [3.63, 3.8) is 0 Å². The van der Waals surface area contributed by atoms with E-state index in [1.54, 1.807) is 11.8 Å².